The first-order valence-corrected chi connectivity index (χ1v) is 3.64. The maximum absolute atomic E-state index is 11.2. The Morgan fingerprint density at radius 1 is 1.73 bits per heavy atom. The van der Waals surface area contributed by atoms with Gasteiger partial charge in [-0.3, -0.25) is 4.79 Å². The molecule has 4 heteroatoms. The van der Waals surface area contributed by atoms with E-state index >= 15 is 0 Å². The Kier molecular flexibility index (Phi) is 2.29. The quantitative estimate of drug-likeness (QED) is 0.644. The van der Waals surface area contributed by atoms with E-state index in [0.29, 0.717) is 5.69 Å². The van der Waals surface area contributed by atoms with Crippen molar-refractivity contribution in [3.63, 3.8) is 0 Å². The van der Waals surface area contributed by atoms with Gasteiger partial charge >= 0.3 is 0 Å². The molecule has 3 nitrogen and oxygen atoms in total. The van der Waals surface area contributed by atoms with Crippen LogP contribution in [0.3, 0.4) is 0 Å². The molecule has 11 heavy (non-hydrogen) atoms. The molecule has 0 bridgehead atoms. The largest absolute Gasteiger partial charge is 0.435 e. The third-order valence-corrected chi connectivity index (χ3v) is 1.43. The lowest BCUT2D eigenvalue weighted by molar-refractivity contribution is 0.0934. The van der Waals surface area contributed by atoms with Crippen LogP contribution in [0, 0.1) is 5.92 Å². The molecule has 0 aliphatic heterocycles. The van der Waals surface area contributed by atoms with Gasteiger partial charge in [-0.15, -0.1) is 0 Å². The van der Waals surface area contributed by atoms with Gasteiger partial charge in [0.1, 0.15) is 12.0 Å². The van der Waals surface area contributed by atoms with E-state index in [9.17, 15) is 4.79 Å². The Morgan fingerprint density at radius 2 is 2.36 bits per heavy atom. The van der Waals surface area contributed by atoms with Crippen molar-refractivity contribution in [3.8, 4) is 0 Å². The number of hydrogen-bond donors (Lipinski definition) is 0. The summed E-state index contributed by atoms with van der Waals surface area (Å²) in [7, 11) is 0. The fraction of sp³-hybridized carbons (Fsp3) is 0.429. The van der Waals surface area contributed by atoms with Gasteiger partial charge in [0.05, 0.1) is 0 Å². The Bertz CT molecular complexity index is 267. The van der Waals surface area contributed by atoms with Gasteiger partial charge in [-0.1, -0.05) is 13.8 Å². The molecular weight excluding hydrogens is 166 g/mol. The second-order valence-corrected chi connectivity index (χ2v) is 2.83. The molecule has 0 radical (unpaired) electrons. The number of carbonyl (C=O) groups is 1. The molecule has 1 heterocycles. The molecule has 0 saturated carbocycles. The number of oxazole rings is 1. The molecule has 1 aromatic rings. The lowest BCUT2D eigenvalue weighted by Crippen LogP contribution is -2.07. The van der Waals surface area contributed by atoms with E-state index in [1.807, 2.05) is 0 Å². The highest BCUT2D eigenvalue weighted by Gasteiger charge is 2.14. The summed E-state index contributed by atoms with van der Waals surface area (Å²) in [5, 5.41) is 0.00833. The Morgan fingerprint density at radius 3 is 2.73 bits per heavy atom. The molecule has 0 N–H and O–H groups in total. The van der Waals surface area contributed by atoms with Crippen molar-refractivity contribution in [2.24, 2.45) is 5.92 Å². The average molecular weight is 174 g/mol. The number of carbonyl (C=O) groups excluding carboxylic acids is 1. The van der Waals surface area contributed by atoms with Crippen molar-refractivity contribution in [2.75, 3.05) is 0 Å². The van der Waals surface area contributed by atoms with Crippen LogP contribution in [0.1, 0.15) is 24.3 Å². The predicted octanol–water partition coefficient (Wildman–Crippen LogP) is 2.17. The van der Waals surface area contributed by atoms with Crippen LogP contribution in [0.2, 0.25) is 5.35 Å². The van der Waals surface area contributed by atoms with Gasteiger partial charge in [0, 0.05) is 5.92 Å². The van der Waals surface area contributed by atoms with E-state index in [0.717, 1.165) is 0 Å². The lowest BCUT2D eigenvalue weighted by Gasteiger charge is -1.96. The molecule has 1 rings (SSSR count). The molecule has 0 saturated heterocycles. The van der Waals surface area contributed by atoms with Crippen molar-refractivity contribution >= 4 is 17.4 Å². The highest BCUT2D eigenvalue weighted by molar-refractivity contribution is 6.27. The summed E-state index contributed by atoms with van der Waals surface area (Å²) in [6.45, 7) is 3.59. The summed E-state index contributed by atoms with van der Waals surface area (Å²) in [5.74, 6) is -0.128. The monoisotopic (exact) mass is 173 g/mol. The Balaban J connectivity index is 2.85. The summed E-state index contributed by atoms with van der Waals surface area (Å²) in [6.07, 6.45) is 1.27. The number of rotatable bonds is 2. The SMILES string of the molecule is CC(C)C(=O)c1coc(Cl)n1. The minimum Gasteiger partial charge on any atom is -0.435 e. The molecule has 0 aliphatic carbocycles. The first-order chi connectivity index (χ1) is 5.11. The van der Waals surface area contributed by atoms with Crippen LogP contribution in [0.15, 0.2) is 10.7 Å². The van der Waals surface area contributed by atoms with Crippen molar-refractivity contribution in [2.45, 2.75) is 13.8 Å². The van der Waals surface area contributed by atoms with Gasteiger partial charge in [0.15, 0.2) is 5.78 Å². The summed E-state index contributed by atoms with van der Waals surface area (Å²) in [4.78, 5) is 14.9. The van der Waals surface area contributed by atoms with Crippen LogP contribution in [0.25, 0.3) is 0 Å². The van der Waals surface area contributed by atoms with Crippen molar-refractivity contribution in [3.05, 3.63) is 17.3 Å². The van der Waals surface area contributed by atoms with Crippen molar-refractivity contribution in [1.29, 1.82) is 0 Å². The first kappa shape index (κ1) is 8.27. The summed E-state index contributed by atoms with van der Waals surface area (Å²) in [6, 6.07) is 0. The topological polar surface area (TPSA) is 43.1 Å². The average Bonchev–Trinajstić information content (AvgIpc) is 2.34. The summed E-state index contributed by atoms with van der Waals surface area (Å²) < 4.78 is 4.67. The standard InChI is InChI=1S/C7H8ClNO2/c1-4(2)6(10)5-3-11-7(8)9-5/h3-4H,1-2H3. The van der Waals surface area contributed by atoms with E-state index < -0.39 is 0 Å². The zero-order chi connectivity index (χ0) is 8.43. The molecule has 0 aliphatic rings. The summed E-state index contributed by atoms with van der Waals surface area (Å²) >= 11 is 5.38. The highest BCUT2D eigenvalue weighted by Crippen LogP contribution is 2.11. The highest BCUT2D eigenvalue weighted by atomic mass is 35.5. The van der Waals surface area contributed by atoms with E-state index in [1.165, 1.54) is 6.26 Å². The van der Waals surface area contributed by atoms with Crippen LogP contribution in [-0.2, 0) is 0 Å². The number of Topliss-reactive ketones (excluding diaryl/α,β-unsaturated/α-hetero) is 1. The zero-order valence-corrected chi connectivity index (χ0v) is 7.05. The molecule has 60 valence electrons. The number of hydrogen-bond acceptors (Lipinski definition) is 3. The number of aromatic nitrogens is 1. The van der Waals surface area contributed by atoms with Crippen LogP contribution < -0.4 is 0 Å². The minimum absolute atomic E-state index is 0.00833. The summed E-state index contributed by atoms with van der Waals surface area (Å²) in [5.41, 5.74) is 0.296. The van der Waals surface area contributed by atoms with Crippen LogP contribution in [-0.4, -0.2) is 10.8 Å². The molecule has 0 fully saturated rings. The number of nitrogens with zero attached hydrogens (tertiary/aromatic N) is 1. The van der Waals surface area contributed by atoms with Crippen LogP contribution >= 0.6 is 11.6 Å². The van der Waals surface area contributed by atoms with Crippen molar-refractivity contribution < 1.29 is 9.21 Å². The predicted molar refractivity (Wildman–Crippen MR) is 40.7 cm³/mol. The molecule has 1 aromatic heterocycles. The van der Waals surface area contributed by atoms with E-state index in [-0.39, 0.29) is 17.1 Å². The maximum atomic E-state index is 11.2. The molecule has 0 spiro atoms. The Labute approximate surface area is 69.4 Å². The van der Waals surface area contributed by atoms with E-state index in [1.54, 1.807) is 13.8 Å². The Hall–Kier alpha value is -0.830. The van der Waals surface area contributed by atoms with Crippen LogP contribution in [0.4, 0.5) is 0 Å². The second kappa shape index (κ2) is 3.05. The molecule has 0 unspecified atom stereocenters. The van der Waals surface area contributed by atoms with Gasteiger partial charge in [0.25, 0.3) is 5.35 Å². The first-order valence-electron chi connectivity index (χ1n) is 3.26. The fourth-order valence-corrected chi connectivity index (χ4v) is 0.796. The third-order valence-electron chi connectivity index (χ3n) is 1.25. The van der Waals surface area contributed by atoms with Gasteiger partial charge in [-0.25, -0.2) is 0 Å². The van der Waals surface area contributed by atoms with Crippen molar-refractivity contribution in [1.82, 2.24) is 4.98 Å². The normalized spacial score (nSPS) is 10.5. The van der Waals surface area contributed by atoms with Gasteiger partial charge in [0.2, 0.25) is 0 Å². The number of ketones is 1. The minimum atomic E-state index is -0.0730. The van der Waals surface area contributed by atoms with Crippen LogP contribution in [0.5, 0.6) is 0 Å². The van der Waals surface area contributed by atoms with E-state index in [2.05, 4.69) is 9.40 Å². The fourth-order valence-electron chi connectivity index (χ4n) is 0.661. The number of halogens is 1. The van der Waals surface area contributed by atoms with Gasteiger partial charge in [-0.05, 0) is 11.6 Å². The lowest BCUT2D eigenvalue weighted by atomic mass is 10.1. The zero-order valence-electron chi connectivity index (χ0n) is 6.30. The van der Waals surface area contributed by atoms with E-state index in [4.69, 9.17) is 11.6 Å². The molecule has 0 atom stereocenters. The second-order valence-electron chi connectivity index (χ2n) is 2.50. The smallest absolute Gasteiger partial charge is 0.292 e. The van der Waals surface area contributed by atoms with Gasteiger partial charge in [-0.2, -0.15) is 4.98 Å². The third kappa shape index (κ3) is 1.80. The molecule has 0 amide bonds. The van der Waals surface area contributed by atoms with Gasteiger partial charge < -0.3 is 4.42 Å². The maximum Gasteiger partial charge on any atom is 0.292 e. The molecular formula is C7H8ClNO2. The molecule has 0 aromatic carbocycles.